The lowest BCUT2D eigenvalue weighted by molar-refractivity contribution is 0.0977. The van der Waals surface area contributed by atoms with E-state index >= 15 is 0 Å². The molecule has 3 aromatic carbocycles. The largest absolute Gasteiger partial charge is 0.332 e. The van der Waals surface area contributed by atoms with Crippen molar-refractivity contribution in [3.63, 3.8) is 0 Å². The van der Waals surface area contributed by atoms with Gasteiger partial charge in [0.2, 0.25) is 0 Å². The van der Waals surface area contributed by atoms with Crippen LogP contribution in [0.3, 0.4) is 0 Å². The molecule has 0 aromatic heterocycles. The van der Waals surface area contributed by atoms with Crippen molar-refractivity contribution in [3.8, 4) is 11.1 Å². The van der Waals surface area contributed by atoms with Crippen LogP contribution in [-0.2, 0) is 12.8 Å². The second-order valence-electron chi connectivity index (χ2n) is 6.66. The van der Waals surface area contributed by atoms with E-state index in [1.54, 1.807) is 0 Å². The highest BCUT2D eigenvalue weighted by atomic mass is 32.1. The minimum atomic E-state index is -0.205. The molecule has 4 heteroatoms. The summed E-state index contributed by atoms with van der Waals surface area (Å²) in [7, 11) is 0. The zero-order valence-electron chi connectivity index (χ0n) is 15.1. The number of carbonyl (C=O) groups is 1. The summed E-state index contributed by atoms with van der Waals surface area (Å²) in [6.07, 6.45) is 1.87. The molecule has 27 heavy (non-hydrogen) atoms. The van der Waals surface area contributed by atoms with E-state index in [-0.39, 0.29) is 5.91 Å². The number of thiocarbonyl (C=S) groups is 1. The SMILES string of the molecule is CCc1ccc(C(=O)NC(=S)Nc2ccc3c(c2)Cc2ccccc2-3)cc1. The molecule has 2 N–H and O–H groups in total. The second-order valence-corrected chi connectivity index (χ2v) is 7.07. The van der Waals surface area contributed by atoms with Gasteiger partial charge in [0.1, 0.15) is 0 Å². The normalized spacial score (nSPS) is 11.4. The number of carbonyl (C=O) groups excluding carboxylic acids is 1. The number of amides is 1. The van der Waals surface area contributed by atoms with Crippen LogP contribution in [0, 0.1) is 0 Å². The van der Waals surface area contributed by atoms with Crippen molar-refractivity contribution < 1.29 is 4.79 Å². The highest BCUT2D eigenvalue weighted by Crippen LogP contribution is 2.37. The highest BCUT2D eigenvalue weighted by Gasteiger charge is 2.18. The summed E-state index contributed by atoms with van der Waals surface area (Å²) < 4.78 is 0. The van der Waals surface area contributed by atoms with Crippen LogP contribution in [-0.4, -0.2) is 11.0 Å². The summed E-state index contributed by atoms with van der Waals surface area (Å²) in [5, 5.41) is 6.17. The van der Waals surface area contributed by atoms with Crippen molar-refractivity contribution in [2.24, 2.45) is 0 Å². The molecule has 0 atom stereocenters. The van der Waals surface area contributed by atoms with Crippen molar-refractivity contribution in [3.05, 3.63) is 89.0 Å². The molecule has 0 radical (unpaired) electrons. The molecule has 3 nitrogen and oxygen atoms in total. The molecule has 0 fully saturated rings. The molecule has 0 saturated heterocycles. The number of nitrogens with one attached hydrogen (secondary N) is 2. The lowest BCUT2D eigenvalue weighted by Gasteiger charge is -2.11. The summed E-state index contributed by atoms with van der Waals surface area (Å²) in [5.74, 6) is -0.205. The number of anilines is 1. The monoisotopic (exact) mass is 372 g/mol. The van der Waals surface area contributed by atoms with E-state index in [1.807, 2.05) is 30.3 Å². The summed E-state index contributed by atoms with van der Waals surface area (Å²) in [6, 6.07) is 22.2. The fraction of sp³-hybridized carbons (Fsp3) is 0.130. The van der Waals surface area contributed by atoms with Crippen LogP contribution < -0.4 is 10.6 Å². The molecule has 4 rings (SSSR count). The molecular formula is C23H20N2OS. The van der Waals surface area contributed by atoms with Gasteiger partial charge in [-0.2, -0.15) is 0 Å². The van der Waals surface area contributed by atoms with Crippen LogP contribution in [0.2, 0.25) is 0 Å². The average Bonchev–Trinajstić information content (AvgIpc) is 3.05. The molecule has 0 heterocycles. The minimum Gasteiger partial charge on any atom is -0.332 e. The number of hydrogen-bond acceptors (Lipinski definition) is 2. The first-order valence-electron chi connectivity index (χ1n) is 9.06. The van der Waals surface area contributed by atoms with Crippen LogP contribution in [0.25, 0.3) is 11.1 Å². The predicted octanol–water partition coefficient (Wildman–Crippen LogP) is 4.95. The van der Waals surface area contributed by atoms with Gasteiger partial charge in [0.05, 0.1) is 0 Å². The molecule has 0 spiro atoms. The summed E-state index contributed by atoms with van der Waals surface area (Å²) in [4.78, 5) is 12.3. The summed E-state index contributed by atoms with van der Waals surface area (Å²) >= 11 is 5.32. The lowest BCUT2D eigenvalue weighted by Crippen LogP contribution is -2.34. The Bertz CT molecular complexity index is 1020. The first-order chi connectivity index (χ1) is 13.1. The maximum Gasteiger partial charge on any atom is 0.257 e. The van der Waals surface area contributed by atoms with Crippen molar-refractivity contribution in [1.29, 1.82) is 0 Å². The number of hydrogen-bond donors (Lipinski definition) is 2. The Morgan fingerprint density at radius 1 is 0.963 bits per heavy atom. The standard InChI is InChI=1S/C23H20N2OS/c1-2-15-7-9-16(10-8-15)22(26)25-23(27)24-19-11-12-21-18(14-19)13-17-5-3-4-6-20(17)21/h3-12,14H,2,13H2,1H3,(H2,24,25,26,27). The second kappa shape index (κ2) is 7.33. The third kappa shape index (κ3) is 3.62. The van der Waals surface area contributed by atoms with E-state index < -0.39 is 0 Å². The van der Waals surface area contributed by atoms with Crippen LogP contribution in [0.15, 0.2) is 66.7 Å². The molecule has 0 unspecified atom stereocenters. The molecule has 3 aromatic rings. The third-order valence-electron chi connectivity index (χ3n) is 4.90. The molecule has 0 bridgehead atoms. The first-order valence-corrected chi connectivity index (χ1v) is 9.47. The molecule has 0 saturated carbocycles. The average molecular weight is 372 g/mol. The molecule has 1 aliphatic carbocycles. The van der Waals surface area contributed by atoms with Gasteiger partial charge in [-0.3, -0.25) is 10.1 Å². The van der Waals surface area contributed by atoms with E-state index in [2.05, 4.69) is 54.0 Å². The van der Waals surface area contributed by atoms with Gasteiger partial charge in [-0.1, -0.05) is 49.4 Å². The topological polar surface area (TPSA) is 41.1 Å². The third-order valence-corrected chi connectivity index (χ3v) is 5.11. The van der Waals surface area contributed by atoms with Gasteiger partial charge in [0.25, 0.3) is 5.91 Å². The zero-order valence-corrected chi connectivity index (χ0v) is 15.9. The first kappa shape index (κ1) is 17.4. The van der Waals surface area contributed by atoms with Gasteiger partial charge in [0, 0.05) is 11.3 Å². The van der Waals surface area contributed by atoms with Crippen LogP contribution in [0.4, 0.5) is 5.69 Å². The van der Waals surface area contributed by atoms with Gasteiger partial charge in [0.15, 0.2) is 5.11 Å². The number of rotatable bonds is 3. The fourth-order valence-corrected chi connectivity index (χ4v) is 3.66. The summed E-state index contributed by atoms with van der Waals surface area (Å²) in [5.41, 5.74) is 7.86. The Morgan fingerprint density at radius 3 is 2.48 bits per heavy atom. The quantitative estimate of drug-likeness (QED) is 0.500. The lowest BCUT2D eigenvalue weighted by atomic mass is 10.1. The number of aryl methyl sites for hydroxylation is 1. The number of benzene rings is 3. The van der Waals surface area contributed by atoms with Gasteiger partial charge < -0.3 is 5.32 Å². The fourth-order valence-electron chi connectivity index (χ4n) is 3.45. The van der Waals surface area contributed by atoms with E-state index in [0.29, 0.717) is 10.7 Å². The Kier molecular flexibility index (Phi) is 4.73. The maximum absolute atomic E-state index is 12.3. The molecule has 1 aliphatic rings. The van der Waals surface area contributed by atoms with Crippen molar-refractivity contribution in [2.75, 3.05) is 5.32 Å². The van der Waals surface area contributed by atoms with E-state index in [1.165, 1.54) is 27.8 Å². The predicted molar refractivity (Wildman–Crippen MR) is 114 cm³/mol. The van der Waals surface area contributed by atoms with Crippen LogP contribution in [0.5, 0.6) is 0 Å². The zero-order chi connectivity index (χ0) is 18.8. The summed E-state index contributed by atoms with van der Waals surface area (Å²) in [6.45, 7) is 2.09. The van der Waals surface area contributed by atoms with Gasteiger partial charge in [-0.15, -0.1) is 0 Å². The molecular weight excluding hydrogens is 352 g/mol. The molecule has 1 amide bonds. The van der Waals surface area contributed by atoms with Crippen LogP contribution in [0.1, 0.15) is 34.0 Å². The highest BCUT2D eigenvalue weighted by molar-refractivity contribution is 7.80. The Hall–Kier alpha value is -2.98. The Balaban J connectivity index is 1.43. The smallest absolute Gasteiger partial charge is 0.257 e. The van der Waals surface area contributed by atoms with Crippen LogP contribution >= 0.6 is 12.2 Å². The van der Waals surface area contributed by atoms with E-state index in [9.17, 15) is 4.79 Å². The van der Waals surface area contributed by atoms with Gasteiger partial charge in [-0.25, -0.2) is 0 Å². The van der Waals surface area contributed by atoms with E-state index in [4.69, 9.17) is 12.2 Å². The maximum atomic E-state index is 12.3. The molecule has 134 valence electrons. The van der Waals surface area contributed by atoms with E-state index in [0.717, 1.165) is 18.5 Å². The van der Waals surface area contributed by atoms with Gasteiger partial charge in [-0.05, 0) is 77.1 Å². The Labute approximate surface area is 164 Å². The number of fused-ring (bicyclic) bond motifs is 3. The molecule has 0 aliphatic heterocycles. The minimum absolute atomic E-state index is 0.205. The van der Waals surface area contributed by atoms with Crippen molar-refractivity contribution >= 4 is 28.9 Å². The Morgan fingerprint density at radius 2 is 1.70 bits per heavy atom. The van der Waals surface area contributed by atoms with Crippen molar-refractivity contribution in [2.45, 2.75) is 19.8 Å². The van der Waals surface area contributed by atoms with Crippen molar-refractivity contribution in [1.82, 2.24) is 5.32 Å². The van der Waals surface area contributed by atoms with Gasteiger partial charge >= 0.3 is 0 Å².